The summed E-state index contributed by atoms with van der Waals surface area (Å²) in [6.45, 7) is 7.24. The molecule has 2 unspecified atom stereocenters. The van der Waals surface area contributed by atoms with Crippen LogP contribution in [0.3, 0.4) is 0 Å². The third kappa shape index (κ3) is 2.25. The molecule has 1 aliphatic heterocycles. The summed E-state index contributed by atoms with van der Waals surface area (Å²) in [6, 6.07) is 2.07. The highest BCUT2D eigenvalue weighted by molar-refractivity contribution is 5.80. The van der Waals surface area contributed by atoms with E-state index >= 15 is 0 Å². The van der Waals surface area contributed by atoms with Gasteiger partial charge in [-0.05, 0) is 38.0 Å². The average Bonchev–Trinajstić information content (AvgIpc) is 3.06. The van der Waals surface area contributed by atoms with E-state index in [9.17, 15) is 4.79 Å². The lowest BCUT2D eigenvalue weighted by molar-refractivity contribution is -0.139. The van der Waals surface area contributed by atoms with Gasteiger partial charge in [0.1, 0.15) is 0 Å². The number of aryl methyl sites for hydroxylation is 1. The lowest BCUT2D eigenvalue weighted by Gasteiger charge is -2.32. The quantitative estimate of drug-likeness (QED) is 0.831. The van der Waals surface area contributed by atoms with E-state index in [0.29, 0.717) is 5.91 Å². The summed E-state index contributed by atoms with van der Waals surface area (Å²) in [7, 11) is 0. The Hall–Kier alpha value is -1.32. The van der Waals surface area contributed by atoms with Crippen molar-refractivity contribution in [2.24, 2.45) is 11.3 Å². The fourth-order valence-electron chi connectivity index (χ4n) is 3.85. The molecular weight excluding hydrogens is 252 g/mol. The lowest BCUT2D eigenvalue weighted by atomic mass is 9.81. The SMILES string of the molecule is Cc1cc(C2CCCN2C(=O)C2CCCC2(C)C)on1. The van der Waals surface area contributed by atoms with Crippen LogP contribution in [0.4, 0.5) is 0 Å². The van der Waals surface area contributed by atoms with E-state index in [1.165, 1.54) is 6.42 Å². The summed E-state index contributed by atoms with van der Waals surface area (Å²) in [4.78, 5) is 15.0. The van der Waals surface area contributed by atoms with Gasteiger partial charge in [-0.3, -0.25) is 4.79 Å². The highest BCUT2D eigenvalue weighted by atomic mass is 16.5. The lowest BCUT2D eigenvalue weighted by Crippen LogP contribution is -2.39. The molecule has 20 heavy (non-hydrogen) atoms. The van der Waals surface area contributed by atoms with Crippen LogP contribution in [0, 0.1) is 18.3 Å². The highest BCUT2D eigenvalue weighted by Gasteiger charge is 2.44. The maximum Gasteiger partial charge on any atom is 0.226 e. The third-order valence-electron chi connectivity index (χ3n) is 5.07. The standard InChI is InChI=1S/C16H24N2O2/c1-11-10-14(20-17-11)13-7-5-9-18(13)15(19)12-6-4-8-16(12,2)3/h10,12-13H,4-9H2,1-3H3. The van der Waals surface area contributed by atoms with E-state index in [1.54, 1.807) is 0 Å². The van der Waals surface area contributed by atoms with Crippen LogP contribution in [-0.4, -0.2) is 22.5 Å². The van der Waals surface area contributed by atoms with Crippen molar-refractivity contribution in [1.82, 2.24) is 10.1 Å². The number of carbonyl (C=O) groups is 1. The van der Waals surface area contributed by atoms with E-state index in [4.69, 9.17) is 4.52 Å². The summed E-state index contributed by atoms with van der Waals surface area (Å²) < 4.78 is 5.40. The molecule has 0 aromatic carbocycles. The fourth-order valence-corrected chi connectivity index (χ4v) is 3.85. The first-order chi connectivity index (χ1) is 9.49. The molecule has 1 aliphatic carbocycles. The van der Waals surface area contributed by atoms with Gasteiger partial charge in [-0.15, -0.1) is 0 Å². The molecule has 2 fully saturated rings. The number of nitrogens with zero attached hydrogens (tertiary/aromatic N) is 2. The Bertz CT molecular complexity index is 506. The van der Waals surface area contributed by atoms with Gasteiger partial charge in [-0.1, -0.05) is 25.4 Å². The van der Waals surface area contributed by atoms with E-state index in [1.807, 2.05) is 17.9 Å². The maximum atomic E-state index is 12.9. The molecule has 1 saturated carbocycles. The van der Waals surface area contributed by atoms with Crippen molar-refractivity contribution in [3.63, 3.8) is 0 Å². The van der Waals surface area contributed by atoms with Crippen molar-refractivity contribution >= 4 is 5.91 Å². The molecule has 1 aromatic rings. The first-order valence-electron chi connectivity index (χ1n) is 7.73. The van der Waals surface area contributed by atoms with Crippen molar-refractivity contribution in [3.8, 4) is 0 Å². The van der Waals surface area contributed by atoms with Crippen molar-refractivity contribution in [1.29, 1.82) is 0 Å². The number of carbonyl (C=O) groups excluding carboxylic acids is 1. The Kier molecular flexibility index (Phi) is 3.35. The summed E-state index contributed by atoms with van der Waals surface area (Å²) in [5.41, 5.74) is 1.03. The predicted molar refractivity (Wildman–Crippen MR) is 76.1 cm³/mol. The minimum absolute atomic E-state index is 0.0973. The van der Waals surface area contributed by atoms with Gasteiger partial charge in [-0.25, -0.2) is 0 Å². The van der Waals surface area contributed by atoms with Crippen LogP contribution in [-0.2, 0) is 4.79 Å². The van der Waals surface area contributed by atoms with Gasteiger partial charge in [0.15, 0.2) is 5.76 Å². The number of hydrogen-bond donors (Lipinski definition) is 0. The molecule has 2 aliphatic rings. The number of hydrogen-bond acceptors (Lipinski definition) is 3. The molecule has 0 radical (unpaired) electrons. The highest BCUT2D eigenvalue weighted by Crippen LogP contribution is 2.45. The molecule has 4 heteroatoms. The Morgan fingerprint density at radius 1 is 1.40 bits per heavy atom. The maximum absolute atomic E-state index is 12.9. The molecule has 1 saturated heterocycles. The van der Waals surface area contributed by atoms with Crippen LogP contribution >= 0.6 is 0 Å². The summed E-state index contributed by atoms with van der Waals surface area (Å²) in [6.07, 6.45) is 5.41. The number of amides is 1. The first-order valence-corrected chi connectivity index (χ1v) is 7.73. The Labute approximate surface area is 120 Å². The molecule has 1 amide bonds. The van der Waals surface area contributed by atoms with E-state index in [2.05, 4.69) is 19.0 Å². The third-order valence-corrected chi connectivity index (χ3v) is 5.07. The molecule has 0 spiro atoms. The van der Waals surface area contributed by atoms with Gasteiger partial charge in [0.05, 0.1) is 11.7 Å². The molecule has 2 atom stereocenters. The van der Waals surface area contributed by atoms with Gasteiger partial charge in [0, 0.05) is 18.5 Å². The second-order valence-corrected chi connectivity index (χ2v) is 6.99. The smallest absolute Gasteiger partial charge is 0.226 e. The van der Waals surface area contributed by atoms with Gasteiger partial charge in [0.25, 0.3) is 0 Å². The average molecular weight is 276 g/mol. The zero-order chi connectivity index (χ0) is 14.3. The Balaban J connectivity index is 1.80. The number of rotatable bonds is 2. The van der Waals surface area contributed by atoms with Crippen LogP contribution in [0.25, 0.3) is 0 Å². The van der Waals surface area contributed by atoms with E-state index < -0.39 is 0 Å². The fraction of sp³-hybridized carbons (Fsp3) is 0.750. The Morgan fingerprint density at radius 2 is 2.20 bits per heavy atom. The van der Waals surface area contributed by atoms with Crippen molar-refractivity contribution < 1.29 is 9.32 Å². The minimum Gasteiger partial charge on any atom is -0.359 e. The topological polar surface area (TPSA) is 46.3 Å². The zero-order valence-electron chi connectivity index (χ0n) is 12.7. The molecular formula is C16H24N2O2. The van der Waals surface area contributed by atoms with Gasteiger partial charge >= 0.3 is 0 Å². The number of likely N-dealkylation sites (tertiary alicyclic amines) is 1. The summed E-state index contributed by atoms with van der Waals surface area (Å²) in [5, 5.41) is 3.97. The Morgan fingerprint density at radius 3 is 2.80 bits per heavy atom. The predicted octanol–water partition coefficient (Wildman–Crippen LogP) is 3.47. The summed E-state index contributed by atoms with van der Waals surface area (Å²) >= 11 is 0. The second-order valence-electron chi connectivity index (χ2n) is 6.99. The van der Waals surface area contributed by atoms with Crippen molar-refractivity contribution in [2.75, 3.05) is 6.54 Å². The van der Waals surface area contributed by atoms with E-state index in [0.717, 1.165) is 43.7 Å². The van der Waals surface area contributed by atoms with Crippen LogP contribution in [0.1, 0.15) is 63.4 Å². The minimum atomic E-state index is 0.0973. The van der Waals surface area contributed by atoms with Crippen LogP contribution in [0.5, 0.6) is 0 Å². The first kappa shape index (κ1) is 13.7. The molecule has 1 aromatic heterocycles. The van der Waals surface area contributed by atoms with Gasteiger partial charge < -0.3 is 9.42 Å². The van der Waals surface area contributed by atoms with Crippen molar-refractivity contribution in [2.45, 2.75) is 58.9 Å². The van der Waals surface area contributed by atoms with Crippen LogP contribution < -0.4 is 0 Å². The monoisotopic (exact) mass is 276 g/mol. The zero-order valence-corrected chi connectivity index (χ0v) is 12.7. The molecule has 110 valence electrons. The molecule has 0 N–H and O–H groups in total. The molecule has 2 heterocycles. The van der Waals surface area contributed by atoms with Gasteiger partial charge in [0.2, 0.25) is 5.91 Å². The van der Waals surface area contributed by atoms with Crippen LogP contribution in [0.2, 0.25) is 0 Å². The molecule has 0 bridgehead atoms. The molecule has 4 nitrogen and oxygen atoms in total. The number of aromatic nitrogens is 1. The second kappa shape index (κ2) is 4.90. The summed E-state index contributed by atoms with van der Waals surface area (Å²) in [5.74, 6) is 1.35. The largest absolute Gasteiger partial charge is 0.359 e. The normalized spacial score (nSPS) is 29.1. The van der Waals surface area contributed by atoms with Crippen LogP contribution in [0.15, 0.2) is 10.6 Å². The van der Waals surface area contributed by atoms with E-state index in [-0.39, 0.29) is 17.4 Å². The van der Waals surface area contributed by atoms with Crippen molar-refractivity contribution in [3.05, 3.63) is 17.5 Å². The van der Waals surface area contributed by atoms with Gasteiger partial charge in [-0.2, -0.15) is 0 Å². The molecule has 3 rings (SSSR count).